The molecule has 0 aliphatic carbocycles. The van der Waals surface area contributed by atoms with E-state index >= 15 is 0 Å². The van der Waals surface area contributed by atoms with Crippen LogP contribution in [-0.4, -0.2) is 21.6 Å². The number of ether oxygens (including phenoxy) is 1. The first-order valence-electron chi connectivity index (χ1n) is 8.18. The summed E-state index contributed by atoms with van der Waals surface area (Å²) in [4.78, 5) is 20.9. The number of aromatic nitrogens is 2. The average Bonchev–Trinajstić information content (AvgIpc) is 2.97. The van der Waals surface area contributed by atoms with E-state index in [1.165, 1.54) is 0 Å². The molecule has 3 atom stereocenters. The van der Waals surface area contributed by atoms with Gasteiger partial charge in [0, 0.05) is 12.3 Å². The van der Waals surface area contributed by atoms with E-state index in [1.54, 1.807) is 0 Å². The number of piperidine rings is 1. The predicted octanol–water partition coefficient (Wildman–Crippen LogP) is 3.06. The molecule has 0 radical (unpaired) electrons. The molecule has 3 heterocycles. The second-order valence-electron chi connectivity index (χ2n) is 6.79. The van der Waals surface area contributed by atoms with E-state index in [-0.39, 0.29) is 17.7 Å². The number of fused-ring (bicyclic) bond motifs is 5. The van der Waals surface area contributed by atoms with Crippen molar-refractivity contribution < 1.29 is 9.53 Å². The summed E-state index contributed by atoms with van der Waals surface area (Å²) in [6.07, 6.45) is 0.734. The topological polar surface area (TPSA) is 67.0 Å². The predicted molar refractivity (Wildman–Crippen MR) is 89.8 cm³/mol. The minimum Gasteiger partial charge on any atom is -0.468 e. The number of H-pyrrole nitrogens is 1. The second kappa shape index (κ2) is 4.60. The van der Waals surface area contributed by atoms with E-state index in [2.05, 4.69) is 15.3 Å². The summed E-state index contributed by atoms with van der Waals surface area (Å²) >= 11 is 0. The number of rotatable bonds is 1. The highest BCUT2D eigenvalue weighted by Crippen LogP contribution is 2.49. The Morgan fingerprint density at radius 2 is 1.96 bits per heavy atom. The molecule has 2 N–H and O–H groups in total. The maximum atomic E-state index is 12.8. The van der Waals surface area contributed by atoms with Crippen LogP contribution in [0.1, 0.15) is 36.6 Å². The van der Waals surface area contributed by atoms with Gasteiger partial charge >= 0.3 is 0 Å². The minimum atomic E-state index is -0.654. The van der Waals surface area contributed by atoms with E-state index in [9.17, 15) is 4.79 Å². The normalized spacial score (nSPS) is 28.1. The van der Waals surface area contributed by atoms with Crippen molar-refractivity contribution in [1.29, 1.82) is 0 Å². The molecule has 5 rings (SSSR count). The number of carbonyl (C=O) groups is 1. The number of benzene rings is 2. The van der Waals surface area contributed by atoms with Crippen LogP contribution >= 0.6 is 0 Å². The molecule has 0 spiro atoms. The summed E-state index contributed by atoms with van der Waals surface area (Å²) in [7, 11) is 0. The lowest BCUT2D eigenvalue weighted by Gasteiger charge is -2.46. The third kappa shape index (κ3) is 1.87. The van der Waals surface area contributed by atoms with Crippen molar-refractivity contribution >= 4 is 16.9 Å². The molecule has 1 saturated heterocycles. The first-order valence-corrected chi connectivity index (χ1v) is 8.18. The van der Waals surface area contributed by atoms with Crippen LogP contribution in [0.4, 0.5) is 0 Å². The number of aromatic amines is 1. The van der Waals surface area contributed by atoms with Crippen LogP contribution in [0.15, 0.2) is 48.5 Å². The van der Waals surface area contributed by atoms with Gasteiger partial charge in [-0.05, 0) is 30.7 Å². The molecular formula is C19H17N3O2. The largest absolute Gasteiger partial charge is 0.468 e. The van der Waals surface area contributed by atoms with Crippen molar-refractivity contribution in [2.75, 3.05) is 0 Å². The molecule has 2 aliphatic rings. The highest BCUT2D eigenvalue weighted by Gasteiger charge is 2.50. The standard InChI is InChI=1S/C19H17N3O2/c1-19-10-12(11-6-2-5-9-15(11)24-19)16(18(23)22-19)17-20-13-7-3-4-8-14(13)21-17/h2-9,12,16H,10H2,1H3,(H,20,21)(H,22,23). The van der Waals surface area contributed by atoms with Gasteiger partial charge in [0.2, 0.25) is 5.91 Å². The van der Waals surface area contributed by atoms with Crippen LogP contribution in [0.2, 0.25) is 0 Å². The van der Waals surface area contributed by atoms with Gasteiger partial charge in [0.1, 0.15) is 17.5 Å². The van der Waals surface area contributed by atoms with E-state index < -0.39 is 5.72 Å². The van der Waals surface area contributed by atoms with Gasteiger partial charge in [-0.2, -0.15) is 0 Å². The Kier molecular flexibility index (Phi) is 2.61. The maximum Gasteiger partial charge on any atom is 0.234 e. The number of para-hydroxylation sites is 3. The van der Waals surface area contributed by atoms with Crippen molar-refractivity contribution in [3.05, 3.63) is 59.9 Å². The fourth-order valence-electron chi connectivity index (χ4n) is 4.02. The molecule has 120 valence electrons. The van der Waals surface area contributed by atoms with Crippen molar-refractivity contribution in [1.82, 2.24) is 15.3 Å². The Morgan fingerprint density at radius 1 is 1.17 bits per heavy atom. The van der Waals surface area contributed by atoms with Crippen LogP contribution in [0.5, 0.6) is 5.75 Å². The molecule has 2 aromatic carbocycles. The van der Waals surface area contributed by atoms with Crippen LogP contribution in [0.3, 0.4) is 0 Å². The third-order valence-corrected chi connectivity index (χ3v) is 5.04. The molecule has 3 aromatic rings. The first kappa shape index (κ1) is 13.6. The molecule has 2 bridgehead atoms. The summed E-state index contributed by atoms with van der Waals surface area (Å²) in [5.41, 5.74) is 2.26. The Hall–Kier alpha value is -2.82. The lowest BCUT2D eigenvalue weighted by Crippen LogP contribution is -2.60. The Balaban J connectivity index is 1.67. The van der Waals surface area contributed by atoms with Gasteiger partial charge in [0.15, 0.2) is 5.72 Å². The first-order chi connectivity index (χ1) is 11.6. The molecule has 24 heavy (non-hydrogen) atoms. The number of nitrogens with one attached hydrogen (secondary N) is 2. The molecule has 1 aromatic heterocycles. The monoisotopic (exact) mass is 319 g/mol. The highest BCUT2D eigenvalue weighted by molar-refractivity contribution is 5.87. The summed E-state index contributed by atoms with van der Waals surface area (Å²) < 4.78 is 6.04. The van der Waals surface area contributed by atoms with Gasteiger partial charge in [-0.3, -0.25) is 4.79 Å². The average molecular weight is 319 g/mol. The van der Waals surface area contributed by atoms with Crippen molar-refractivity contribution in [2.45, 2.75) is 30.9 Å². The quantitative estimate of drug-likeness (QED) is 0.724. The molecule has 2 aliphatic heterocycles. The summed E-state index contributed by atoms with van der Waals surface area (Å²) in [6, 6.07) is 15.8. The van der Waals surface area contributed by atoms with Gasteiger partial charge in [0.05, 0.1) is 11.0 Å². The number of hydrogen-bond donors (Lipinski definition) is 2. The van der Waals surface area contributed by atoms with Gasteiger partial charge in [-0.25, -0.2) is 4.98 Å². The lowest BCUT2D eigenvalue weighted by molar-refractivity contribution is -0.135. The van der Waals surface area contributed by atoms with Gasteiger partial charge < -0.3 is 15.0 Å². The molecule has 3 unspecified atom stereocenters. The highest BCUT2D eigenvalue weighted by atomic mass is 16.5. The number of imidazole rings is 1. The lowest BCUT2D eigenvalue weighted by atomic mass is 9.74. The zero-order valence-electron chi connectivity index (χ0n) is 13.2. The summed E-state index contributed by atoms with van der Waals surface area (Å²) in [6.45, 7) is 1.93. The van der Waals surface area contributed by atoms with Gasteiger partial charge in [-0.15, -0.1) is 0 Å². The van der Waals surface area contributed by atoms with E-state index in [0.717, 1.165) is 34.6 Å². The summed E-state index contributed by atoms with van der Waals surface area (Å²) in [5.74, 6) is 1.24. The van der Waals surface area contributed by atoms with Crippen LogP contribution < -0.4 is 10.1 Å². The minimum absolute atomic E-state index is 0.0395. The van der Waals surface area contributed by atoms with Crippen LogP contribution in [-0.2, 0) is 4.79 Å². The smallest absolute Gasteiger partial charge is 0.234 e. The fourth-order valence-corrected chi connectivity index (χ4v) is 4.02. The summed E-state index contributed by atoms with van der Waals surface area (Å²) in [5, 5.41) is 3.04. The number of nitrogens with zero attached hydrogens (tertiary/aromatic N) is 1. The van der Waals surface area contributed by atoms with E-state index in [4.69, 9.17) is 4.74 Å². The number of carbonyl (C=O) groups excluding carboxylic acids is 1. The zero-order chi connectivity index (χ0) is 16.3. The molecule has 1 amide bonds. The molecular weight excluding hydrogens is 302 g/mol. The molecule has 5 heteroatoms. The van der Waals surface area contributed by atoms with Gasteiger partial charge in [-0.1, -0.05) is 30.3 Å². The van der Waals surface area contributed by atoms with Crippen LogP contribution in [0.25, 0.3) is 11.0 Å². The van der Waals surface area contributed by atoms with Gasteiger partial charge in [0.25, 0.3) is 0 Å². The third-order valence-electron chi connectivity index (χ3n) is 5.04. The fraction of sp³-hybridized carbons (Fsp3) is 0.263. The molecule has 5 nitrogen and oxygen atoms in total. The Bertz CT molecular complexity index is 931. The maximum absolute atomic E-state index is 12.8. The van der Waals surface area contributed by atoms with Crippen molar-refractivity contribution in [3.63, 3.8) is 0 Å². The number of hydrogen-bond acceptors (Lipinski definition) is 3. The SMILES string of the molecule is CC12CC(c3ccccc3O1)C(c1nc3ccccc3[nH]1)C(=O)N2. The Labute approximate surface area is 139 Å². The van der Waals surface area contributed by atoms with Crippen LogP contribution in [0, 0.1) is 0 Å². The second-order valence-corrected chi connectivity index (χ2v) is 6.79. The zero-order valence-corrected chi connectivity index (χ0v) is 13.2. The molecule has 1 fully saturated rings. The van der Waals surface area contributed by atoms with Crippen molar-refractivity contribution in [3.8, 4) is 5.75 Å². The number of amides is 1. The van der Waals surface area contributed by atoms with E-state index in [0.29, 0.717) is 0 Å². The Morgan fingerprint density at radius 3 is 2.83 bits per heavy atom. The molecule has 0 saturated carbocycles. The van der Waals surface area contributed by atoms with Crippen molar-refractivity contribution in [2.24, 2.45) is 0 Å². The van der Waals surface area contributed by atoms with E-state index in [1.807, 2.05) is 55.5 Å².